The smallest absolute Gasteiger partial charge is 0.0387 e. The molecule has 0 saturated carbocycles. The fraction of sp³-hybridized carbons (Fsp3) is 0.400. The van der Waals surface area contributed by atoms with Crippen LogP contribution in [0.5, 0.6) is 0 Å². The van der Waals surface area contributed by atoms with Gasteiger partial charge in [-0.3, -0.25) is 0 Å². The van der Waals surface area contributed by atoms with Crippen LogP contribution in [0.25, 0.3) is 16.7 Å². The molecule has 0 heterocycles. The lowest BCUT2D eigenvalue weighted by atomic mass is 9.75. The Balaban J connectivity index is 1.87. The van der Waals surface area contributed by atoms with Gasteiger partial charge >= 0.3 is 0 Å². The summed E-state index contributed by atoms with van der Waals surface area (Å²) in [5.41, 5.74) is 10.8. The second kappa shape index (κ2) is 8.54. The Morgan fingerprint density at radius 2 is 1.52 bits per heavy atom. The third-order valence-electron chi connectivity index (χ3n) is 7.56. The van der Waals surface area contributed by atoms with Gasteiger partial charge in [-0.1, -0.05) is 82.0 Å². The van der Waals surface area contributed by atoms with E-state index in [1.54, 1.807) is 0 Å². The highest BCUT2D eigenvalue weighted by Crippen LogP contribution is 2.40. The van der Waals surface area contributed by atoms with Gasteiger partial charge in [0.05, 0.1) is 0 Å². The first kappa shape index (κ1) is 23.1. The van der Waals surface area contributed by atoms with Crippen molar-refractivity contribution in [3.63, 3.8) is 0 Å². The van der Waals surface area contributed by atoms with Gasteiger partial charge in [0.1, 0.15) is 0 Å². The summed E-state index contributed by atoms with van der Waals surface area (Å²) in [4.78, 5) is 2.37. The van der Waals surface area contributed by atoms with Crippen molar-refractivity contribution < 1.29 is 0 Å². The van der Waals surface area contributed by atoms with Crippen molar-refractivity contribution in [1.82, 2.24) is 4.90 Å². The van der Waals surface area contributed by atoms with Crippen LogP contribution in [-0.2, 0) is 0 Å². The van der Waals surface area contributed by atoms with E-state index in [1.807, 2.05) is 0 Å². The van der Waals surface area contributed by atoms with E-state index in [9.17, 15) is 0 Å². The molecule has 0 spiro atoms. The number of rotatable bonds is 6. The zero-order valence-electron chi connectivity index (χ0n) is 20.8. The van der Waals surface area contributed by atoms with Gasteiger partial charge < -0.3 is 4.90 Å². The minimum atomic E-state index is 0.0321. The molecule has 0 unspecified atom stereocenters. The van der Waals surface area contributed by atoms with Crippen LogP contribution in [0.1, 0.15) is 64.2 Å². The quantitative estimate of drug-likeness (QED) is 0.460. The maximum absolute atomic E-state index is 4.44. The van der Waals surface area contributed by atoms with Crippen molar-refractivity contribution in [2.45, 2.75) is 66.8 Å². The molecule has 1 aliphatic carbocycles. The minimum Gasteiger partial charge on any atom is -0.372 e. The molecule has 31 heavy (non-hydrogen) atoms. The molecule has 0 aliphatic heterocycles. The van der Waals surface area contributed by atoms with Gasteiger partial charge in [-0.25, -0.2) is 0 Å². The van der Waals surface area contributed by atoms with Crippen LogP contribution in [0.4, 0.5) is 0 Å². The Kier molecular flexibility index (Phi) is 6.37. The largest absolute Gasteiger partial charge is 0.372 e. The van der Waals surface area contributed by atoms with Crippen molar-refractivity contribution in [1.29, 1.82) is 0 Å². The predicted octanol–water partition coefficient (Wildman–Crippen LogP) is 8.34. The summed E-state index contributed by atoms with van der Waals surface area (Å²) >= 11 is 0. The van der Waals surface area contributed by atoms with E-state index in [0.717, 1.165) is 12.8 Å². The second-order valence-corrected chi connectivity index (χ2v) is 10.6. The minimum absolute atomic E-state index is 0.0321. The molecule has 1 aliphatic rings. The van der Waals surface area contributed by atoms with E-state index >= 15 is 0 Å². The third-order valence-corrected chi connectivity index (χ3v) is 7.56. The summed E-state index contributed by atoms with van der Waals surface area (Å²) in [7, 11) is 2.19. The lowest BCUT2D eigenvalue weighted by Crippen LogP contribution is -2.50. The summed E-state index contributed by atoms with van der Waals surface area (Å²) in [5, 5.41) is 0. The van der Waals surface area contributed by atoms with Crippen molar-refractivity contribution in [3.05, 3.63) is 89.2 Å². The highest BCUT2D eigenvalue weighted by molar-refractivity contribution is 5.85. The lowest BCUT2D eigenvalue weighted by molar-refractivity contribution is 0.0698. The number of allylic oxidation sites excluding steroid dienone is 4. The summed E-state index contributed by atoms with van der Waals surface area (Å²) in [6.07, 6.45) is 6.64. The maximum Gasteiger partial charge on any atom is 0.0387 e. The Labute approximate surface area is 190 Å². The van der Waals surface area contributed by atoms with Crippen LogP contribution in [0.2, 0.25) is 0 Å². The number of aryl methyl sites for hydroxylation is 2. The molecule has 0 saturated heterocycles. The molecule has 1 heteroatoms. The van der Waals surface area contributed by atoms with Gasteiger partial charge in [0, 0.05) is 24.7 Å². The van der Waals surface area contributed by atoms with E-state index in [-0.39, 0.29) is 11.0 Å². The fourth-order valence-electron chi connectivity index (χ4n) is 4.08. The summed E-state index contributed by atoms with van der Waals surface area (Å²) in [5.74, 6) is 0. The van der Waals surface area contributed by atoms with Crippen LogP contribution in [0.3, 0.4) is 0 Å². The van der Waals surface area contributed by atoms with Crippen LogP contribution in [0, 0.1) is 19.3 Å². The van der Waals surface area contributed by atoms with Gasteiger partial charge in [0.25, 0.3) is 0 Å². The zero-order valence-corrected chi connectivity index (χ0v) is 20.8. The molecule has 0 aromatic heterocycles. The summed E-state index contributed by atoms with van der Waals surface area (Å²) in [6.45, 7) is 20.4. The summed E-state index contributed by atoms with van der Waals surface area (Å²) in [6, 6.07) is 15.5. The molecule has 0 fully saturated rings. The van der Waals surface area contributed by atoms with E-state index in [0.29, 0.717) is 0 Å². The van der Waals surface area contributed by atoms with E-state index < -0.39 is 0 Å². The predicted molar refractivity (Wildman–Crippen MR) is 137 cm³/mol. The molecule has 3 rings (SSSR count). The topological polar surface area (TPSA) is 3.24 Å². The first-order chi connectivity index (χ1) is 14.4. The molecule has 1 nitrogen and oxygen atoms in total. The Hall–Kier alpha value is -2.54. The first-order valence-electron chi connectivity index (χ1n) is 11.4. The molecule has 0 amide bonds. The Morgan fingerprint density at radius 3 is 2.10 bits per heavy atom. The monoisotopic (exact) mass is 413 g/mol. The first-order valence-corrected chi connectivity index (χ1v) is 11.4. The zero-order chi connectivity index (χ0) is 23.0. The molecule has 0 atom stereocenters. The Morgan fingerprint density at radius 1 is 0.935 bits per heavy atom. The molecular weight excluding hydrogens is 374 g/mol. The van der Waals surface area contributed by atoms with Crippen molar-refractivity contribution in [2.24, 2.45) is 5.41 Å². The van der Waals surface area contributed by atoms with Crippen molar-refractivity contribution >= 4 is 5.57 Å². The normalized spacial score (nSPS) is 14.3. The van der Waals surface area contributed by atoms with Crippen LogP contribution < -0.4 is 0 Å². The molecular formula is C30H39N. The average molecular weight is 414 g/mol. The maximum atomic E-state index is 4.44. The SMILES string of the molecule is C=C(CC1=CCC(c2cc(C)c(C)cc2-c2ccccc2)=C1)N(C)C(C)(C)C(C)(C)C. The highest BCUT2D eigenvalue weighted by Gasteiger charge is 2.37. The number of hydrogen-bond donors (Lipinski definition) is 0. The standard InChI is InChI=1S/C30H39N/c1-21-17-27(25-13-11-10-12-14-25)28(18-22(21)2)26-16-15-24(20-26)19-23(3)31(9)30(7,8)29(4,5)6/h10-15,17-18,20H,3,16,19H2,1-2,4-9H3. The van der Waals surface area contributed by atoms with Crippen molar-refractivity contribution in [2.75, 3.05) is 7.05 Å². The van der Waals surface area contributed by atoms with E-state index in [4.69, 9.17) is 0 Å². The molecule has 2 aromatic carbocycles. The second-order valence-electron chi connectivity index (χ2n) is 10.6. The highest BCUT2D eigenvalue weighted by atomic mass is 15.2. The van der Waals surface area contributed by atoms with Crippen LogP contribution >= 0.6 is 0 Å². The molecule has 2 aromatic rings. The Bertz CT molecular complexity index is 1030. The molecule has 164 valence electrons. The van der Waals surface area contributed by atoms with Crippen LogP contribution in [-0.4, -0.2) is 17.5 Å². The molecule has 0 bridgehead atoms. The van der Waals surface area contributed by atoms with Gasteiger partial charge in [0.2, 0.25) is 0 Å². The fourth-order valence-corrected chi connectivity index (χ4v) is 4.08. The van der Waals surface area contributed by atoms with Gasteiger partial charge in [-0.2, -0.15) is 0 Å². The van der Waals surface area contributed by atoms with Gasteiger partial charge in [-0.05, 0) is 78.5 Å². The third kappa shape index (κ3) is 4.71. The number of hydrogen-bond acceptors (Lipinski definition) is 1. The van der Waals surface area contributed by atoms with Gasteiger partial charge in [-0.15, -0.1) is 0 Å². The molecule has 0 N–H and O–H groups in total. The number of nitrogens with zero attached hydrogens (tertiary/aromatic N) is 1. The van der Waals surface area contributed by atoms with Crippen molar-refractivity contribution in [3.8, 4) is 11.1 Å². The molecule has 0 radical (unpaired) electrons. The van der Waals surface area contributed by atoms with Gasteiger partial charge in [0.15, 0.2) is 0 Å². The summed E-state index contributed by atoms with van der Waals surface area (Å²) < 4.78 is 0. The van der Waals surface area contributed by atoms with E-state index in [1.165, 1.54) is 44.7 Å². The number of benzene rings is 2. The van der Waals surface area contributed by atoms with Crippen LogP contribution in [0.15, 0.2) is 72.5 Å². The van der Waals surface area contributed by atoms with E-state index in [2.05, 4.69) is 122 Å². The lowest BCUT2D eigenvalue weighted by Gasteiger charge is -2.48. The average Bonchev–Trinajstić information content (AvgIpc) is 3.17.